The molecule has 1 heterocycles. The molecule has 0 aliphatic carbocycles. The minimum absolute atomic E-state index is 0.152. The zero-order valence-corrected chi connectivity index (χ0v) is 11.9. The standard InChI is InChI=1S/C13H11BBrN3O/c1-16-13(19)8-4-2-3-5-10(8)18-11-6-12(14)17-7-9(11)15/h2-7H,1H3,(H,16,19)(H,17,18). The van der Waals surface area contributed by atoms with Crippen LogP contribution in [-0.2, 0) is 0 Å². The van der Waals surface area contributed by atoms with Gasteiger partial charge >= 0.3 is 0 Å². The van der Waals surface area contributed by atoms with Gasteiger partial charge in [-0.25, -0.2) is 0 Å². The molecule has 1 aromatic carbocycles. The van der Waals surface area contributed by atoms with Crippen LogP contribution in [-0.4, -0.2) is 25.8 Å². The molecule has 0 aliphatic heterocycles. The number of amides is 1. The SMILES string of the molecule is [B]c1cc(Nc2ccccc2C(=O)NC)c(Br)cn1. The number of anilines is 2. The molecule has 4 nitrogen and oxygen atoms in total. The lowest BCUT2D eigenvalue weighted by atomic mass is 10.0. The number of carbonyl (C=O) groups excluding carboxylic acids is 1. The lowest BCUT2D eigenvalue weighted by molar-refractivity contribution is 0.0964. The van der Waals surface area contributed by atoms with Gasteiger partial charge in [0.05, 0.1) is 21.4 Å². The van der Waals surface area contributed by atoms with Gasteiger partial charge in [-0.15, -0.1) is 0 Å². The number of nitrogens with zero attached hydrogens (tertiary/aromatic N) is 1. The first-order chi connectivity index (χ1) is 9.11. The first-order valence-electron chi connectivity index (χ1n) is 5.61. The first kappa shape index (κ1) is 13.6. The number of para-hydroxylation sites is 1. The van der Waals surface area contributed by atoms with Crippen molar-refractivity contribution in [2.45, 2.75) is 0 Å². The zero-order chi connectivity index (χ0) is 13.8. The molecule has 1 aromatic heterocycles. The average molecular weight is 316 g/mol. The third-order valence-electron chi connectivity index (χ3n) is 2.54. The van der Waals surface area contributed by atoms with Crippen molar-refractivity contribution < 1.29 is 4.79 Å². The fourth-order valence-corrected chi connectivity index (χ4v) is 1.94. The molecule has 2 radical (unpaired) electrons. The van der Waals surface area contributed by atoms with Gasteiger partial charge in [-0.2, -0.15) is 0 Å². The third kappa shape index (κ3) is 3.14. The molecular formula is C13H11BBrN3O. The van der Waals surface area contributed by atoms with Crippen LogP contribution < -0.4 is 16.2 Å². The number of hydrogen-bond donors (Lipinski definition) is 2. The van der Waals surface area contributed by atoms with Crippen LogP contribution in [0.25, 0.3) is 0 Å². The van der Waals surface area contributed by atoms with Crippen molar-refractivity contribution in [3.63, 3.8) is 0 Å². The van der Waals surface area contributed by atoms with Crippen LogP contribution in [0.15, 0.2) is 41.0 Å². The molecule has 0 fully saturated rings. The maximum atomic E-state index is 11.8. The Labute approximate surface area is 121 Å². The minimum Gasteiger partial charge on any atom is -0.355 e. The largest absolute Gasteiger partial charge is 0.355 e. The van der Waals surface area contributed by atoms with E-state index in [0.29, 0.717) is 16.8 Å². The number of hydrogen-bond acceptors (Lipinski definition) is 3. The summed E-state index contributed by atoms with van der Waals surface area (Å²) in [6, 6.07) is 8.94. The number of aromatic nitrogens is 1. The van der Waals surface area contributed by atoms with Gasteiger partial charge in [0.2, 0.25) is 0 Å². The summed E-state index contributed by atoms with van der Waals surface area (Å²) < 4.78 is 0.772. The van der Waals surface area contributed by atoms with E-state index in [0.717, 1.165) is 10.2 Å². The van der Waals surface area contributed by atoms with Crippen LogP contribution >= 0.6 is 15.9 Å². The summed E-state index contributed by atoms with van der Waals surface area (Å²) in [6.45, 7) is 0. The van der Waals surface area contributed by atoms with Gasteiger partial charge in [-0.05, 0) is 39.7 Å². The Morgan fingerprint density at radius 2 is 2.05 bits per heavy atom. The van der Waals surface area contributed by atoms with Crippen molar-refractivity contribution in [1.29, 1.82) is 0 Å². The molecule has 1 amide bonds. The van der Waals surface area contributed by atoms with Gasteiger partial charge in [0, 0.05) is 13.2 Å². The van der Waals surface area contributed by atoms with E-state index in [1.807, 2.05) is 18.2 Å². The summed E-state index contributed by atoms with van der Waals surface area (Å²) in [5.41, 5.74) is 2.42. The molecule has 19 heavy (non-hydrogen) atoms. The highest BCUT2D eigenvalue weighted by molar-refractivity contribution is 9.10. The Kier molecular flexibility index (Phi) is 4.22. The Morgan fingerprint density at radius 3 is 2.79 bits per heavy atom. The Balaban J connectivity index is 2.38. The molecule has 94 valence electrons. The quantitative estimate of drug-likeness (QED) is 0.848. The summed E-state index contributed by atoms with van der Waals surface area (Å²) >= 11 is 3.39. The second kappa shape index (κ2) is 5.88. The van der Waals surface area contributed by atoms with Crippen LogP contribution in [0.5, 0.6) is 0 Å². The van der Waals surface area contributed by atoms with Crippen molar-refractivity contribution in [3.05, 3.63) is 46.6 Å². The van der Waals surface area contributed by atoms with E-state index in [4.69, 9.17) is 7.85 Å². The number of halogens is 1. The van der Waals surface area contributed by atoms with Crippen molar-refractivity contribution >= 4 is 46.7 Å². The van der Waals surface area contributed by atoms with Crippen LogP contribution in [0.4, 0.5) is 11.4 Å². The van der Waals surface area contributed by atoms with Crippen molar-refractivity contribution in [1.82, 2.24) is 10.3 Å². The van der Waals surface area contributed by atoms with Gasteiger partial charge in [0.1, 0.15) is 7.85 Å². The van der Waals surface area contributed by atoms with Gasteiger partial charge in [-0.1, -0.05) is 12.1 Å². The van der Waals surface area contributed by atoms with Gasteiger partial charge in [-0.3, -0.25) is 9.78 Å². The van der Waals surface area contributed by atoms with Crippen molar-refractivity contribution in [2.24, 2.45) is 0 Å². The second-order valence-electron chi connectivity index (χ2n) is 3.84. The van der Waals surface area contributed by atoms with Crippen molar-refractivity contribution in [3.8, 4) is 0 Å². The summed E-state index contributed by atoms with van der Waals surface area (Å²) in [5.74, 6) is -0.152. The molecule has 2 aromatic rings. The maximum Gasteiger partial charge on any atom is 0.253 e. The lowest BCUT2D eigenvalue weighted by Crippen LogP contribution is -2.19. The number of rotatable bonds is 3. The van der Waals surface area contributed by atoms with E-state index < -0.39 is 0 Å². The molecule has 0 spiro atoms. The monoisotopic (exact) mass is 315 g/mol. The van der Waals surface area contributed by atoms with Crippen LogP contribution in [0.1, 0.15) is 10.4 Å². The van der Waals surface area contributed by atoms with Crippen LogP contribution in [0, 0.1) is 0 Å². The van der Waals surface area contributed by atoms with E-state index >= 15 is 0 Å². The predicted octanol–water partition coefficient (Wildman–Crippen LogP) is 1.74. The van der Waals surface area contributed by atoms with Crippen molar-refractivity contribution in [2.75, 3.05) is 12.4 Å². The molecule has 0 atom stereocenters. The Morgan fingerprint density at radius 1 is 1.32 bits per heavy atom. The molecule has 2 rings (SSSR count). The molecule has 0 saturated heterocycles. The maximum absolute atomic E-state index is 11.8. The van der Waals surface area contributed by atoms with E-state index in [-0.39, 0.29) is 5.91 Å². The topological polar surface area (TPSA) is 54.0 Å². The molecule has 0 aliphatic rings. The highest BCUT2D eigenvalue weighted by Crippen LogP contribution is 2.25. The second-order valence-corrected chi connectivity index (χ2v) is 4.69. The average Bonchev–Trinajstić information content (AvgIpc) is 2.42. The van der Waals surface area contributed by atoms with Gasteiger partial charge < -0.3 is 10.6 Å². The number of pyridine rings is 1. The van der Waals surface area contributed by atoms with E-state index in [1.165, 1.54) is 0 Å². The Hall–Kier alpha value is -1.82. The third-order valence-corrected chi connectivity index (χ3v) is 3.18. The highest BCUT2D eigenvalue weighted by Gasteiger charge is 2.10. The molecule has 6 heteroatoms. The molecule has 2 N–H and O–H groups in total. The number of benzene rings is 1. The predicted molar refractivity (Wildman–Crippen MR) is 80.4 cm³/mol. The van der Waals surface area contributed by atoms with E-state index in [9.17, 15) is 4.79 Å². The molecule has 0 saturated carbocycles. The van der Waals surface area contributed by atoms with E-state index in [2.05, 4.69) is 31.5 Å². The summed E-state index contributed by atoms with van der Waals surface area (Å²) in [4.78, 5) is 15.7. The smallest absolute Gasteiger partial charge is 0.253 e. The molecule has 0 bridgehead atoms. The number of carbonyl (C=O) groups is 1. The first-order valence-corrected chi connectivity index (χ1v) is 6.40. The van der Waals surface area contributed by atoms with Gasteiger partial charge in [0.15, 0.2) is 0 Å². The van der Waals surface area contributed by atoms with Crippen LogP contribution in [0.2, 0.25) is 0 Å². The Bertz CT molecular complexity index is 619. The molecular weight excluding hydrogens is 305 g/mol. The molecule has 0 unspecified atom stereocenters. The minimum atomic E-state index is -0.152. The summed E-state index contributed by atoms with van der Waals surface area (Å²) in [6.07, 6.45) is 1.61. The van der Waals surface area contributed by atoms with Gasteiger partial charge in [0.25, 0.3) is 5.91 Å². The summed E-state index contributed by atoms with van der Waals surface area (Å²) in [7, 11) is 7.25. The van der Waals surface area contributed by atoms with Crippen LogP contribution in [0.3, 0.4) is 0 Å². The fourth-order valence-electron chi connectivity index (χ4n) is 1.62. The lowest BCUT2D eigenvalue weighted by Gasteiger charge is -2.12. The summed E-state index contributed by atoms with van der Waals surface area (Å²) in [5, 5.41) is 5.77. The number of nitrogens with one attached hydrogen (secondary N) is 2. The normalized spacial score (nSPS) is 10.0. The highest BCUT2D eigenvalue weighted by atomic mass is 79.9. The van der Waals surface area contributed by atoms with E-state index in [1.54, 1.807) is 25.4 Å². The zero-order valence-electron chi connectivity index (χ0n) is 10.3. The fraction of sp³-hybridized carbons (Fsp3) is 0.0769.